The number of esters is 1. The predicted molar refractivity (Wildman–Crippen MR) is 133 cm³/mol. The van der Waals surface area contributed by atoms with E-state index in [2.05, 4.69) is 31.9 Å². The Labute approximate surface area is 203 Å². The van der Waals surface area contributed by atoms with Crippen molar-refractivity contribution in [1.82, 2.24) is 24.6 Å². The van der Waals surface area contributed by atoms with Crippen molar-refractivity contribution in [2.45, 2.75) is 26.4 Å². The molecule has 2 atom stereocenters. The molecular formula is C22H30N7O5P. The lowest BCUT2D eigenvalue weighted by atomic mass is 10.3. The number of nitrogen functional groups attached to an aromatic ring is 1. The molecular weight excluding hydrogens is 473 g/mol. The van der Waals surface area contributed by atoms with Crippen LogP contribution in [0.15, 0.2) is 49.3 Å². The van der Waals surface area contributed by atoms with Crippen molar-refractivity contribution in [2.24, 2.45) is 0 Å². The lowest BCUT2D eigenvalue weighted by Crippen LogP contribution is -2.35. The fourth-order valence-corrected chi connectivity index (χ4v) is 4.83. The third-order valence-corrected chi connectivity index (χ3v) is 6.47. The molecule has 0 saturated carbocycles. The second kappa shape index (κ2) is 12.3. The molecule has 188 valence electrons. The molecule has 0 amide bonds. The van der Waals surface area contributed by atoms with Gasteiger partial charge in [0.15, 0.2) is 17.0 Å². The summed E-state index contributed by atoms with van der Waals surface area (Å²) in [5.41, 5.74) is 6.93. The second-order valence-corrected chi connectivity index (χ2v) is 9.47. The first-order valence-corrected chi connectivity index (χ1v) is 12.8. The number of para-hydroxylation sites is 1. The van der Waals surface area contributed by atoms with Gasteiger partial charge in [-0.05, 0) is 26.0 Å². The van der Waals surface area contributed by atoms with E-state index in [1.807, 2.05) is 6.07 Å². The molecule has 12 nitrogen and oxygen atoms in total. The summed E-state index contributed by atoms with van der Waals surface area (Å²) in [7, 11) is -3.62. The quantitative estimate of drug-likeness (QED) is 0.129. The van der Waals surface area contributed by atoms with Gasteiger partial charge in [0, 0.05) is 13.1 Å². The first-order valence-electron chi connectivity index (χ1n) is 11.0. The number of hydrogen-bond donors (Lipinski definition) is 3. The predicted octanol–water partition coefficient (Wildman–Crippen LogP) is 2.79. The Morgan fingerprint density at radius 3 is 2.80 bits per heavy atom. The molecule has 13 heteroatoms. The minimum atomic E-state index is -3.62. The summed E-state index contributed by atoms with van der Waals surface area (Å²) in [4.78, 5) is 24.9. The van der Waals surface area contributed by atoms with Crippen LogP contribution in [0.3, 0.4) is 0 Å². The second-order valence-electron chi connectivity index (χ2n) is 7.43. The largest absolute Gasteiger partial charge is 0.465 e. The van der Waals surface area contributed by atoms with Crippen LogP contribution in [0.4, 0.5) is 11.8 Å². The normalized spacial score (nSPS) is 13.7. The van der Waals surface area contributed by atoms with Gasteiger partial charge in [-0.15, -0.1) is 6.58 Å². The zero-order valence-electron chi connectivity index (χ0n) is 19.7. The van der Waals surface area contributed by atoms with Crippen molar-refractivity contribution < 1.29 is 23.4 Å². The molecule has 3 rings (SSSR count). The van der Waals surface area contributed by atoms with Gasteiger partial charge in [-0.1, -0.05) is 24.3 Å². The van der Waals surface area contributed by atoms with Gasteiger partial charge in [-0.3, -0.25) is 9.36 Å². The van der Waals surface area contributed by atoms with E-state index in [1.165, 1.54) is 0 Å². The Morgan fingerprint density at radius 2 is 2.09 bits per heavy atom. The highest BCUT2D eigenvalue weighted by Gasteiger charge is 2.30. The van der Waals surface area contributed by atoms with Crippen LogP contribution in [0, 0.1) is 0 Å². The van der Waals surface area contributed by atoms with Gasteiger partial charge in [0.05, 0.1) is 19.5 Å². The highest BCUT2D eigenvalue weighted by molar-refractivity contribution is 7.57. The monoisotopic (exact) mass is 503 g/mol. The van der Waals surface area contributed by atoms with E-state index >= 15 is 0 Å². The van der Waals surface area contributed by atoms with Crippen LogP contribution in [0.1, 0.15) is 13.8 Å². The number of ether oxygens (including phenoxy) is 2. The Hall–Kier alpha value is -3.47. The van der Waals surface area contributed by atoms with E-state index in [-0.39, 0.29) is 25.5 Å². The molecule has 1 unspecified atom stereocenters. The molecule has 2 aromatic heterocycles. The maximum atomic E-state index is 13.5. The Morgan fingerprint density at radius 1 is 1.31 bits per heavy atom. The molecule has 0 aliphatic carbocycles. The highest BCUT2D eigenvalue weighted by atomic mass is 31.2. The van der Waals surface area contributed by atoms with Crippen LogP contribution < -0.4 is 20.7 Å². The lowest BCUT2D eigenvalue weighted by molar-refractivity contribution is -0.144. The maximum Gasteiger partial charge on any atom is 0.342 e. The molecule has 0 bridgehead atoms. The van der Waals surface area contributed by atoms with Gasteiger partial charge < -0.3 is 29.6 Å². The van der Waals surface area contributed by atoms with E-state index in [4.69, 9.17) is 19.7 Å². The zero-order valence-corrected chi connectivity index (χ0v) is 20.6. The molecule has 0 fully saturated rings. The van der Waals surface area contributed by atoms with Crippen LogP contribution in [-0.4, -0.2) is 57.6 Å². The highest BCUT2D eigenvalue weighted by Crippen LogP contribution is 2.43. The molecule has 0 spiro atoms. The third kappa shape index (κ3) is 7.25. The van der Waals surface area contributed by atoms with Crippen LogP contribution >= 0.6 is 7.52 Å². The van der Waals surface area contributed by atoms with Crippen LogP contribution in [0.25, 0.3) is 11.2 Å². The summed E-state index contributed by atoms with van der Waals surface area (Å²) in [5.74, 6) is 0.456. The van der Waals surface area contributed by atoms with Crippen molar-refractivity contribution in [1.29, 1.82) is 0 Å². The summed E-state index contributed by atoms with van der Waals surface area (Å²) in [6.45, 7) is 8.16. The average Bonchev–Trinajstić information content (AvgIpc) is 3.23. The van der Waals surface area contributed by atoms with Crippen molar-refractivity contribution >= 4 is 36.4 Å². The number of imidazole rings is 1. The standard InChI is InChI=1S/C22H30N7O5P/c1-4-11-24-19-18-20(27-22(23)26-19)29(14-25-18)12-13-32-15-35(31,28-16(3)21(30)33-5-2)34-17-9-7-6-8-10-17/h4,6-10,14,16H,1,5,11-13,15H2,2-3H3,(H,28,31)(H3,23,24,26,27)/t16-,35?/m0/s1. The van der Waals surface area contributed by atoms with Gasteiger partial charge >= 0.3 is 13.5 Å². The molecule has 0 aliphatic rings. The number of rotatable bonds is 14. The first kappa shape index (κ1) is 26.1. The number of hydrogen-bond acceptors (Lipinski definition) is 10. The molecule has 4 N–H and O–H groups in total. The molecule has 1 aromatic carbocycles. The topological polar surface area (TPSA) is 156 Å². The number of nitrogens with zero attached hydrogens (tertiary/aromatic N) is 4. The van der Waals surface area contributed by atoms with Crippen molar-refractivity contribution in [3.8, 4) is 5.75 Å². The van der Waals surface area contributed by atoms with E-state index in [9.17, 15) is 9.36 Å². The number of benzene rings is 1. The Balaban J connectivity index is 1.67. The Bertz CT molecular complexity index is 1190. The van der Waals surface area contributed by atoms with Crippen molar-refractivity contribution in [2.75, 3.05) is 37.2 Å². The van der Waals surface area contributed by atoms with E-state index < -0.39 is 19.5 Å². The molecule has 0 saturated heterocycles. The molecule has 0 radical (unpaired) electrons. The summed E-state index contributed by atoms with van der Waals surface area (Å²) < 4.78 is 31.7. The summed E-state index contributed by atoms with van der Waals surface area (Å²) in [6.07, 6.45) is 3.02. The number of anilines is 2. The van der Waals surface area contributed by atoms with Gasteiger partial charge in [0.1, 0.15) is 18.1 Å². The fourth-order valence-electron chi connectivity index (χ4n) is 3.12. The number of carbonyl (C=O) groups excluding carboxylic acids is 1. The van der Waals surface area contributed by atoms with Crippen molar-refractivity contribution in [3.63, 3.8) is 0 Å². The lowest BCUT2D eigenvalue weighted by Gasteiger charge is -2.23. The van der Waals surface area contributed by atoms with Gasteiger partial charge in [0.25, 0.3) is 0 Å². The Kier molecular flexibility index (Phi) is 9.18. The first-order chi connectivity index (χ1) is 16.8. The number of fused-ring (bicyclic) bond motifs is 1. The SMILES string of the molecule is C=CCNc1nc(N)nc2c1ncn2CCOCP(=O)(N[C@@H](C)C(=O)OCC)Oc1ccccc1. The molecule has 3 aromatic rings. The molecule has 35 heavy (non-hydrogen) atoms. The van der Waals surface area contributed by atoms with Gasteiger partial charge in [-0.2, -0.15) is 9.97 Å². The maximum absolute atomic E-state index is 13.5. The number of carbonyl (C=O) groups is 1. The summed E-state index contributed by atoms with van der Waals surface area (Å²) in [5, 5.41) is 5.83. The average molecular weight is 504 g/mol. The minimum Gasteiger partial charge on any atom is -0.465 e. The van der Waals surface area contributed by atoms with Crippen molar-refractivity contribution in [3.05, 3.63) is 49.3 Å². The van der Waals surface area contributed by atoms with Crippen LogP contribution in [-0.2, 0) is 25.4 Å². The summed E-state index contributed by atoms with van der Waals surface area (Å²) in [6, 6.07) is 7.81. The van der Waals surface area contributed by atoms with Gasteiger partial charge in [0.2, 0.25) is 5.95 Å². The fraction of sp³-hybridized carbons (Fsp3) is 0.364. The van der Waals surface area contributed by atoms with E-state index in [0.29, 0.717) is 35.8 Å². The molecule has 2 heterocycles. The number of nitrogens with two attached hydrogens (primary N) is 1. The zero-order chi connectivity index (χ0) is 25.3. The number of nitrogens with one attached hydrogen (secondary N) is 2. The van der Waals surface area contributed by atoms with E-state index in [0.717, 1.165) is 0 Å². The minimum absolute atomic E-state index is 0.102. The van der Waals surface area contributed by atoms with Gasteiger partial charge in [-0.25, -0.2) is 10.1 Å². The number of aromatic nitrogens is 4. The summed E-state index contributed by atoms with van der Waals surface area (Å²) >= 11 is 0. The van der Waals surface area contributed by atoms with E-state index in [1.54, 1.807) is 55.1 Å². The van der Waals surface area contributed by atoms with Crippen LogP contribution in [0.5, 0.6) is 5.75 Å². The smallest absolute Gasteiger partial charge is 0.342 e. The molecule has 0 aliphatic heterocycles. The van der Waals surface area contributed by atoms with Crippen LogP contribution in [0.2, 0.25) is 0 Å². The third-order valence-electron chi connectivity index (χ3n) is 4.66.